The first kappa shape index (κ1) is 24.7. The number of ether oxygens (including phenoxy) is 2. The summed E-state index contributed by atoms with van der Waals surface area (Å²) in [6.07, 6.45) is 1.53. The van der Waals surface area contributed by atoms with Crippen LogP contribution in [0.15, 0.2) is 0 Å². The van der Waals surface area contributed by atoms with Crippen molar-refractivity contribution in [3.8, 4) is 0 Å². The molecule has 2 fully saturated rings. The van der Waals surface area contributed by atoms with Crippen molar-refractivity contribution in [3.63, 3.8) is 0 Å². The lowest BCUT2D eigenvalue weighted by molar-refractivity contribution is -0.154. The number of hydrogen-bond donors (Lipinski definition) is 0. The van der Waals surface area contributed by atoms with Crippen molar-refractivity contribution in [2.45, 2.75) is 96.4 Å². The molecule has 1 amide bonds. The fraction of sp³-hybridized carbons (Fsp3) is 0.857. The topological polar surface area (TPSA) is 91.4 Å². The Morgan fingerprint density at radius 3 is 2.20 bits per heavy atom. The maximum Gasteiger partial charge on any atom is 0.457 e. The number of carbonyl (C=O) groups is 3. The Morgan fingerprint density at radius 2 is 1.73 bits per heavy atom. The van der Waals surface area contributed by atoms with Crippen LogP contribution in [-0.4, -0.2) is 66.4 Å². The molecule has 8 nitrogen and oxygen atoms in total. The highest BCUT2D eigenvalue weighted by Gasteiger charge is 2.56. The third-order valence-electron chi connectivity index (χ3n) is 6.30. The van der Waals surface area contributed by atoms with Crippen LogP contribution in [0, 0.1) is 5.92 Å². The molecule has 2 saturated heterocycles. The molecule has 0 saturated carbocycles. The summed E-state index contributed by atoms with van der Waals surface area (Å²) in [6.45, 7) is 13.6. The third kappa shape index (κ3) is 4.99. The molecule has 0 spiro atoms. The summed E-state index contributed by atoms with van der Waals surface area (Å²) in [5.74, 6) is -0.616. The van der Waals surface area contributed by atoms with Crippen LogP contribution in [0.3, 0.4) is 0 Å². The number of amides is 1. The molecule has 2 aliphatic rings. The standard InChI is InChI=1S/C21H36BNO7/c1-18(2,3)28-17(26)23-14-15(13-21(23,10-12-24)16(25)27-8)9-11-22-29-19(4,5)20(6,7)30-22/h12,15H,9-11,13-14H2,1-8H3. The quantitative estimate of drug-likeness (QED) is 0.367. The molecule has 170 valence electrons. The van der Waals surface area contributed by atoms with Gasteiger partial charge >= 0.3 is 19.2 Å². The van der Waals surface area contributed by atoms with Crippen molar-refractivity contribution < 1.29 is 33.2 Å². The lowest BCUT2D eigenvalue weighted by Gasteiger charge is -2.35. The van der Waals surface area contributed by atoms with Gasteiger partial charge in [-0.1, -0.05) is 6.42 Å². The Balaban J connectivity index is 2.16. The van der Waals surface area contributed by atoms with Crippen LogP contribution >= 0.6 is 0 Å². The fourth-order valence-corrected chi connectivity index (χ4v) is 4.10. The number of carbonyl (C=O) groups excluding carboxylic acids is 3. The van der Waals surface area contributed by atoms with Crippen molar-refractivity contribution in [1.82, 2.24) is 4.90 Å². The second-order valence-electron chi connectivity index (χ2n) is 10.3. The minimum Gasteiger partial charge on any atom is -0.467 e. The summed E-state index contributed by atoms with van der Waals surface area (Å²) in [5, 5.41) is 0. The van der Waals surface area contributed by atoms with E-state index in [0.717, 1.165) is 0 Å². The lowest BCUT2D eigenvalue weighted by atomic mass is 9.78. The van der Waals surface area contributed by atoms with Crippen LogP contribution in [0.4, 0.5) is 4.79 Å². The van der Waals surface area contributed by atoms with Crippen LogP contribution in [0.1, 0.15) is 67.7 Å². The highest BCUT2D eigenvalue weighted by Crippen LogP contribution is 2.42. The van der Waals surface area contributed by atoms with Crippen molar-refractivity contribution in [3.05, 3.63) is 0 Å². The van der Waals surface area contributed by atoms with E-state index >= 15 is 0 Å². The number of esters is 1. The van der Waals surface area contributed by atoms with E-state index in [1.54, 1.807) is 20.8 Å². The highest BCUT2D eigenvalue weighted by atomic mass is 16.7. The summed E-state index contributed by atoms with van der Waals surface area (Å²) >= 11 is 0. The maximum absolute atomic E-state index is 12.9. The molecule has 0 N–H and O–H groups in total. The predicted octanol–water partition coefficient (Wildman–Crippen LogP) is 3.23. The molecule has 2 unspecified atom stereocenters. The van der Waals surface area contributed by atoms with Gasteiger partial charge in [-0.3, -0.25) is 4.90 Å². The number of aldehydes is 1. The Hall–Kier alpha value is -1.61. The number of nitrogens with zero attached hydrogens (tertiary/aromatic N) is 1. The molecular formula is C21H36BNO7. The lowest BCUT2D eigenvalue weighted by Crippen LogP contribution is -2.55. The second-order valence-corrected chi connectivity index (χ2v) is 10.3. The summed E-state index contributed by atoms with van der Waals surface area (Å²) < 4.78 is 22.6. The molecule has 2 aliphatic heterocycles. The number of hydrogen-bond acceptors (Lipinski definition) is 7. The van der Waals surface area contributed by atoms with Gasteiger partial charge in [0.25, 0.3) is 0 Å². The van der Waals surface area contributed by atoms with E-state index in [9.17, 15) is 14.4 Å². The number of rotatable bonds is 6. The first-order chi connectivity index (χ1) is 13.7. The van der Waals surface area contributed by atoms with E-state index in [2.05, 4.69) is 0 Å². The molecule has 0 bridgehead atoms. The van der Waals surface area contributed by atoms with E-state index in [0.29, 0.717) is 32.0 Å². The normalized spacial score (nSPS) is 27.8. The van der Waals surface area contributed by atoms with Gasteiger partial charge in [0.2, 0.25) is 0 Å². The number of methoxy groups -OCH3 is 1. The smallest absolute Gasteiger partial charge is 0.457 e. The maximum atomic E-state index is 12.9. The van der Waals surface area contributed by atoms with E-state index in [1.165, 1.54) is 12.0 Å². The van der Waals surface area contributed by atoms with Gasteiger partial charge in [0.05, 0.1) is 18.3 Å². The van der Waals surface area contributed by atoms with Gasteiger partial charge in [-0.2, -0.15) is 0 Å². The van der Waals surface area contributed by atoms with E-state index in [-0.39, 0.29) is 19.5 Å². The average Bonchev–Trinajstić information content (AvgIpc) is 3.06. The van der Waals surface area contributed by atoms with Crippen LogP contribution in [0.5, 0.6) is 0 Å². The van der Waals surface area contributed by atoms with Crippen LogP contribution in [-0.2, 0) is 28.4 Å². The zero-order valence-electron chi connectivity index (χ0n) is 19.6. The van der Waals surface area contributed by atoms with Gasteiger partial charge in [-0.25, -0.2) is 9.59 Å². The van der Waals surface area contributed by atoms with E-state index in [1.807, 2.05) is 27.7 Å². The fourth-order valence-electron chi connectivity index (χ4n) is 4.10. The van der Waals surface area contributed by atoms with Gasteiger partial charge in [-0.15, -0.1) is 0 Å². The summed E-state index contributed by atoms with van der Waals surface area (Å²) in [6, 6.07) is 0. The molecular weight excluding hydrogens is 389 g/mol. The largest absolute Gasteiger partial charge is 0.467 e. The van der Waals surface area contributed by atoms with Crippen molar-refractivity contribution >= 4 is 25.5 Å². The molecule has 0 aromatic rings. The first-order valence-electron chi connectivity index (χ1n) is 10.6. The molecule has 2 atom stereocenters. The Kier molecular flexibility index (Phi) is 6.98. The van der Waals surface area contributed by atoms with Crippen LogP contribution < -0.4 is 0 Å². The highest BCUT2D eigenvalue weighted by molar-refractivity contribution is 6.45. The van der Waals surface area contributed by atoms with Crippen LogP contribution in [0.25, 0.3) is 0 Å². The Morgan fingerprint density at radius 1 is 1.17 bits per heavy atom. The van der Waals surface area contributed by atoms with E-state index in [4.69, 9.17) is 18.8 Å². The Labute approximate surface area is 180 Å². The minimum atomic E-state index is -1.35. The van der Waals surface area contributed by atoms with E-state index < -0.39 is 34.4 Å². The van der Waals surface area contributed by atoms with Gasteiger partial charge in [0.1, 0.15) is 11.9 Å². The SMILES string of the molecule is COC(=O)C1(CC=O)CC(CCB2OC(C)(C)C(C)(C)O2)CN1C(=O)OC(C)(C)C. The molecule has 0 aromatic heterocycles. The molecule has 0 aliphatic carbocycles. The summed E-state index contributed by atoms with van der Waals surface area (Å²) in [7, 11) is 0.907. The zero-order valence-corrected chi connectivity index (χ0v) is 19.6. The molecule has 9 heteroatoms. The zero-order chi connectivity index (χ0) is 23.0. The van der Waals surface area contributed by atoms with Gasteiger partial charge in [0, 0.05) is 13.0 Å². The molecule has 30 heavy (non-hydrogen) atoms. The molecule has 0 aromatic carbocycles. The average molecular weight is 425 g/mol. The summed E-state index contributed by atoms with van der Waals surface area (Å²) in [4.78, 5) is 38.4. The monoisotopic (exact) mass is 425 g/mol. The molecule has 0 radical (unpaired) electrons. The van der Waals surface area contributed by atoms with Crippen molar-refractivity contribution in [2.75, 3.05) is 13.7 Å². The summed E-state index contributed by atoms with van der Waals surface area (Å²) in [5.41, 5.74) is -2.90. The second kappa shape index (κ2) is 8.50. The Bertz CT molecular complexity index is 657. The minimum absolute atomic E-state index is 0.0180. The molecule has 2 rings (SSSR count). The van der Waals surface area contributed by atoms with Crippen molar-refractivity contribution in [1.29, 1.82) is 0 Å². The predicted molar refractivity (Wildman–Crippen MR) is 112 cm³/mol. The first-order valence-corrected chi connectivity index (χ1v) is 10.6. The van der Waals surface area contributed by atoms with Gasteiger partial charge in [0.15, 0.2) is 5.54 Å². The van der Waals surface area contributed by atoms with Gasteiger partial charge in [-0.05, 0) is 67.1 Å². The molecule has 2 heterocycles. The van der Waals surface area contributed by atoms with Gasteiger partial charge < -0.3 is 23.6 Å². The van der Waals surface area contributed by atoms with Crippen molar-refractivity contribution in [2.24, 2.45) is 5.92 Å². The van der Waals surface area contributed by atoms with Crippen LogP contribution in [0.2, 0.25) is 6.32 Å². The number of likely N-dealkylation sites (tertiary alicyclic amines) is 1. The third-order valence-corrected chi connectivity index (χ3v) is 6.30.